The standard InChI is InChI=1S/C16H22N2O3/c1-17-15-10-21-9-14(15)16(20)18(12-5-6-12)8-11-3-2-4-13(19)7-11/h2-4,7,12,14-15,17,19H,5-6,8-10H2,1H3. The van der Waals surface area contributed by atoms with E-state index in [9.17, 15) is 9.90 Å². The number of phenols is 1. The molecule has 2 fully saturated rings. The molecular weight excluding hydrogens is 268 g/mol. The van der Waals surface area contributed by atoms with E-state index < -0.39 is 0 Å². The fourth-order valence-corrected chi connectivity index (χ4v) is 2.92. The molecule has 1 saturated carbocycles. The molecule has 1 aromatic rings. The third kappa shape index (κ3) is 3.19. The Morgan fingerprint density at radius 1 is 1.43 bits per heavy atom. The predicted octanol–water partition coefficient (Wildman–Crippen LogP) is 1.12. The lowest BCUT2D eigenvalue weighted by Crippen LogP contribution is -2.45. The quantitative estimate of drug-likeness (QED) is 0.853. The molecule has 1 heterocycles. The summed E-state index contributed by atoms with van der Waals surface area (Å²) in [6.45, 7) is 1.65. The van der Waals surface area contributed by atoms with Crippen LogP contribution in [0.5, 0.6) is 5.75 Å². The number of benzene rings is 1. The number of phenolic OH excluding ortho intramolecular Hbond substituents is 1. The molecular formula is C16H22N2O3. The second-order valence-corrected chi connectivity index (χ2v) is 5.91. The molecule has 1 saturated heterocycles. The first-order valence-corrected chi connectivity index (χ1v) is 7.52. The number of nitrogens with one attached hydrogen (secondary N) is 1. The van der Waals surface area contributed by atoms with E-state index in [1.54, 1.807) is 12.1 Å². The maximum absolute atomic E-state index is 12.8. The van der Waals surface area contributed by atoms with Crippen LogP contribution in [0, 0.1) is 5.92 Å². The number of nitrogens with zero attached hydrogens (tertiary/aromatic N) is 1. The minimum absolute atomic E-state index is 0.0999. The molecule has 0 aromatic heterocycles. The molecule has 0 radical (unpaired) electrons. The third-order valence-electron chi connectivity index (χ3n) is 4.30. The van der Waals surface area contributed by atoms with Crippen molar-refractivity contribution in [3.63, 3.8) is 0 Å². The Bertz CT molecular complexity index is 516. The fraction of sp³-hybridized carbons (Fsp3) is 0.562. The van der Waals surface area contributed by atoms with E-state index in [0.717, 1.165) is 18.4 Å². The van der Waals surface area contributed by atoms with Crippen LogP contribution in [0.15, 0.2) is 24.3 Å². The number of carbonyl (C=O) groups is 1. The minimum atomic E-state index is -0.104. The van der Waals surface area contributed by atoms with Gasteiger partial charge in [-0.05, 0) is 37.6 Å². The van der Waals surface area contributed by atoms with Crippen molar-refractivity contribution >= 4 is 5.91 Å². The molecule has 0 spiro atoms. The number of hydrogen-bond acceptors (Lipinski definition) is 4. The molecule has 2 atom stereocenters. The van der Waals surface area contributed by atoms with Gasteiger partial charge < -0.3 is 20.1 Å². The van der Waals surface area contributed by atoms with E-state index in [-0.39, 0.29) is 23.6 Å². The van der Waals surface area contributed by atoms with Crippen molar-refractivity contribution in [2.45, 2.75) is 31.5 Å². The van der Waals surface area contributed by atoms with Gasteiger partial charge in [-0.15, -0.1) is 0 Å². The van der Waals surface area contributed by atoms with Crippen LogP contribution in [0.1, 0.15) is 18.4 Å². The molecule has 2 aliphatic rings. The molecule has 114 valence electrons. The number of aromatic hydroxyl groups is 1. The van der Waals surface area contributed by atoms with Gasteiger partial charge in [-0.2, -0.15) is 0 Å². The Kier molecular flexibility index (Phi) is 4.12. The second-order valence-electron chi connectivity index (χ2n) is 5.91. The second kappa shape index (κ2) is 6.03. The van der Waals surface area contributed by atoms with Gasteiger partial charge in [0.15, 0.2) is 0 Å². The summed E-state index contributed by atoms with van der Waals surface area (Å²) >= 11 is 0. The molecule has 2 N–H and O–H groups in total. The molecule has 5 nitrogen and oxygen atoms in total. The number of hydrogen-bond donors (Lipinski definition) is 2. The van der Waals surface area contributed by atoms with Gasteiger partial charge in [0, 0.05) is 18.6 Å². The number of carbonyl (C=O) groups excluding carboxylic acids is 1. The average Bonchev–Trinajstić information content (AvgIpc) is 3.20. The summed E-state index contributed by atoms with van der Waals surface area (Å²) in [4.78, 5) is 14.8. The Labute approximate surface area is 124 Å². The monoisotopic (exact) mass is 290 g/mol. The Morgan fingerprint density at radius 2 is 2.24 bits per heavy atom. The molecule has 21 heavy (non-hydrogen) atoms. The summed E-state index contributed by atoms with van der Waals surface area (Å²) in [6, 6.07) is 7.58. The minimum Gasteiger partial charge on any atom is -0.508 e. The molecule has 5 heteroatoms. The van der Waals surface area contributed by atoms with Crippen molar-refractivity contribution in [2.24, 2.45) is 5.92 Å². The van der Waals surface area contributed by atoms with Gasteiger partial charge >= 0.3 is 0 Å². The Balaban J connectivity index is 1.74. The maximum atomic E-state index is 12.8. The van der Waals surface area contributed by atoms with E-state index in [4.69, 9.17) is 4.74 Å². The van der Waals surface area contributed by atoms with Crippen molar-refractivity contribution in [2.75, 3.05) is 20.3 Å². The number of rotatable bonds is 5. The highest BCUT2D eigenvalue weighted by atomic mass is 16.5. The van der Waals surface area contributed by atoms with E-state index in [0.29, 0.717) is 25.8 Å². The van der Waals surface area contributed by atoms with Crippen LogP contribution in [0.2, 0.25) is 0 Å². The van der Waals surface area contributed by atoms with Gasteiger partial charge in [0.25, 0.3) is 0 Å². The average molecular weight is 290 g/mol. The molecule has 1 aliphatic heterocycles. The van der Waals surface area contributed by atoms with E-state index >= 15 is 0 Å². The zero-order valence-corrected chi connectivity index (χ0v) is 12.3. The molecule has 1 aromatic carbocycles. The SMILES string of the molecule is CNC1COCC1C(=O)N(Cc1cccc(O)c1)C1CC1. The van der Waals surface area contributed by atoms with Gasteiger partial charge in [0.2, 0.25) is 5.91 Å². The normalized spacial score (nSPS) is 25.0. The molecule has 1 aliphatic carbocycles. The van der Waals surface area contributed by atoms with Crippen molar-refractivity contribution in [1.29, 1.82) is 0 Å². The summed E-state index contributed by atoms with van der Waals surface area (Å²) in [6.07, 6.45) is 2.14. The molecule has 3 rings (SSSR count). The third-order valence-corrected chi connectivity index (χ3v) is 4.30. The summed E-state index contributed by atoms with van der Waals surface area (Å²) in [7, 11) is 1.87. The van der Waals surface area contributed by atoms with Crippen LogP contribution in [0.25, 0.3) is 0 Å². The smallest absolute Gasteiger partial charge is 0.230 e. The highest BCUT2D eigenvalue weighted by molar-refractivity contribution is 5.80. The van der Waals surface area contributed by atoms with E-state index in [2.05, 4.69) is 5.32 Å². The Morgan fingerprint density at radius 3 is 2.90 bits per heavy atom. The van der Waals surface area contributed by atoms with Gasteiger partial charge in [-0.3, -0.25) is 4.79 Å². The zero-order valence-electron chi connectivity index (χ0n) is 12.3. The van der Waals surface area contributed by atoms with Crippen LogP contribution in [0.4, 0.5) is 0 Å². The van der Waals surface area contributed by atoms with Crippen molar-refractivity contribution in [1.82, 2.24) is 10.2 Å². The maximum Gasteiger partial charge on any atom is 0.230 e. The number of ether oxygens (including phenoxy) is 1. The highest BCUT2D eigenvalue weighted by Crippen LogP contribution is 2.31. The lowest BCUT2D eigenvalue weighted by Gasteiger charge is -2.27. The first-order chi connectivity index (χ1) is 10.2. The van der Waals surface area contributed by atoms with E-state index in [1.165, 1.54) is 0 Å². The van der Waals surface area contributed by atoms with Gasteiger partial charge in [-0.1, -0.05) is 12.1 Å². The number of likely N-dealkylation sites (N-methyl/N-ethyl adjacent to an activating group) is 1. The van der Waals surface area contributed by atoms with Crippen molar-refractivity contribution in [3.05, 3.63) is 29.8 Å². The first kappa shape index (κ1) is 14.4. The highest BCUT2D eigenvalue weighted by Gasteiger charge is 2.40. The topological polar surface area (TPSA) is 61.8 Å². The van der Waals surface area contributed by atoms with Crippen LogP contribution < -0.4 is 5.32 Å². The predicted molar refractivity (Wildman–Crippen MR) is 78.8 cm³/mol. The summed E-state index contributed by atoms with van der Waals surface area (Å²) in [5.41, 5.74) is 0.968. The van der Waals surface area contributed by atoms with Gasteiger partial charge in [0.1, 0.15) is 5.75 Å². The van der Waals surface area contributed by atoms with Crippen LogP contribution in [0.3, 0.4) is 0 Å². The molecule has 2 unspecified atom stereocenters. The summed E-state index contributed by atoms with van der Waals surface area (Å²) in [5, 5.41) is 12.7. The van der Waals surface area contributed by atoms with Crippen LogP contribution >= 0.6 is 0 Å². The van der Waals surface area contributed by atoms with Crippen LogP contribution in [-0.4, -0.2) is 48.3 Å². The van der Waals surface area contributed by atoms with Gasteiger partial charge in [-0.25, -0.2) is 0 Å². The lowest BCUT2D eigenvalue weighted by atomic mass is 10.0. The van der Waals surface area contributed by atoms with Gasteiger partial charge in [0.05, 0.1) is 19.1 Å². The first-order valence-electron chi connectivity index (χ1n) is 7.52. The summed E-state index contributed by atoms with van der Waals surface area (Å²) in [5.74, 6) is 0.304. The fourth-order valence-electron chi connectivity index (χ4n) is 2.92. The number of amides is 1. The summed E-state index contributed by atoms with van der Waals surface area (Å²) < 4.78 is 5.45. The van der Waals surface area contributed by atoms with Crippen LogP contribution in [-0.2, 0) is 16.1 Å². The van der Waals surface area contributed by atoms with Crippen molar-refractivity contribution in [3.8, 4) is 5.75 Å². The Hall–Kier alpha value is -1.59. The largest absolute Gasteiger partial charge is 0.508 e. The lowest BCUT2D eigenvalue weighted by molar-refractivity contribution is -0.137. The zero-order chi connectivity index (χ0) is 14.8. The molecule has 1 amide bonds. The molecule has 0 bridgehead atoms. The van der Waals surface area contributed by atoms with Crippen molar-refractivity contribution < 1.29 is 14.6 Å². The van der Waals surface area contributed by atoms with E-state index in [1.807, 2.05) is 24.1 Å².